The van der Waals surface area contributed by atoms with E-state index in [9.17, 15) is 0 Å². The van der Waals surface area contributed by atoms with E-state index in [1.165, 1.54) is 22.5 Å². The number of piperidine rings is 1. The first-order valence-electron chi connectivity index (χ1n) is 10.8. The molecular formula is C23H32N4S. The molecule has 1 aromatic rings. The van der Waals surface area contributed by atoms with E-state index in [-0.39, 0.29) is 0 Å². The molecule has 0 aromatic heterocycles. The molecule has 0 atom stereocenters. The number of likely N-dealkylation sites (tertiary alicyclic amines) is 1. The molecule has 4 rings (SSSR count). The summed E-state index contributed by atoms with van der Waals surface area (Å²) in [5, 5.41) is 17.5. The maximum atomic E-state index is 8.81. The lowest BCUT2D eigenvalue weighted by Crippen LogP contribution is -2.45. The smallest absolute Gasteiger partial charge is 0.130 e. The van der Waals surface area contributed by atoms with E-state index in [1.807, 2.05) is 16.7 Å². The monoisotopic (exact) mass is 396 g/mol. The number of hydrogen-bond donors (Lipinski definition) is 2. The van der Waals surface area contributed by atoms with Gasteiger partial charge < -0.3 is 9.80 Å². The van der Waals surface area contributed by atoms with Gasteiger partial charge in [-0.15, -0.1) is 11.8 Å². The third-order valence-corrected chi connectivity index (χ3v) is 7.56. The van der Waals surface area contributed by atoms with Crippen LogP contribution in [0.1, 0.15) is 44.1 Å². The normalized spacial score (nSPS) is 21.7. The van der Waals surface area contributed by atoms with Gasteiger partial charge in [-0.3, -0.25) is 10.8 Å². The molecule has 0 aliphatic carbocycles. The number of nitrogens with zero attached hydrogens (tertiary/aromatic N) is 2. The first kappa shape index (κ1) is 19.7. The van der Waals surface area contributed by atoms with Gasteiger partial charge in [0.1, 0.15) is 11.7 Å². The number of aryl methyl sites for hydroxylation is 1. The van der Waals surface area contributed by atoms with Crippen LogP contribution in [-0.4, -0.2) is 53.4 Å². The summed E-state index contributed by atoms with van der Waals surface area (Å²) in [5.74, 6) is 2.78. The summed E-state index contributed by atoms with van der Waals surface area (Å²) >= 11 is 1.93. The number of rotatable bonds is 5. The van der Waals surface area contributed by atoms with Crippen LogP contribution in [0, 0.1) is 16.7 Å². The molecule has 1 fully saturated rings. The summed E-state index contributed by atoms with van der Waals surface area (Å²) in [6.45, 7) is 4.18. The third kappa shape index (κ3) is 4.52. The van der Waals surface area contributed by atoms with Crippen molar-refractivity contribution in [2.45, 2.75) is 44.9 Å². The molecule has 3 aliphatic rings. The van der Waals surface area contributed by atoms with Crippen molar-refractivity contribution < 1.29 is 0 Å². The number of amidine groups is 2. The van der Waals surface area contributed by atoms with Crippen molar-refractivity contribution in [3.63, 3.8) is 0 Å². The van der Waals surface area contributed by atoms with Crippen LogP contribution in [-0.2, 0) is 6.42 Å². The highest BCUT2D eigenvalue weighted by Crippen LogP contribution is 2.38. The molecule has 0 spiro atoms. The zero-order valence-electron chi connectivity index (χ0n) is 16.8. The maximum Gasteiger partial charge on any atom is 0.130 e. The lowest BCUT2D eigenvalue weighted by atomic mass is 9.94. The van der Waals surface area contributed by atoms with Crippen LogP contribution in [0.5, 0.6) is 0 Å². The number of thioether (sulfide) groups is 1. The topological polar surface area (TPSA) is 54.2 Å². The van der Waals surface area contributed by atoms with E-state index < -0.39 is 0 Å². The molecule has 150 valence electrons. The molecule has 3 heterocycles. The van der Waals surface area contributed by atoms with Crippen molar-refractivity contribution >= 4 is 23.4 Å². The lowest BCUT2D eigenvalue weighted by molar-refractivity contribution is 0.203. The molecule has 1 aromatic carbocycles. The van der Waals surface area contributed by atoms with Gasteiger partial charge in [0.15, 0.2) is 0 Å². The molecule has 5 heteroatoms. The van der Waals surface area contributed by atoms with Gasteiger partial charge in [-0.25, -0.2) is 0 Å². The maximum absolute atomic E-state index is 8.81. The van der Waals surface area contributed by atoms with Crippen LogP contribution in [0.25, 0.3) is 0 Å². The molecule has 4 nitrogen and oxygen atoms in total. The second-order valence-corrected chi connectivity index (χ2v) is 9.38. The molecule has 1 saturated heterocycles. The Bertz CT molecular complexity index is 734. The summed E-state index contributed by atoms with van der Waals surface area (Å²) < 4.78 is 0. The molecule has 0 amide bonds. The van der Waals surface area contributed by atoms with Gasteiger partial charge in [0, 0.05) is 23.8 Å². The Labute approximate surface area is 173 Å². The van der Waals surface area contributed by atoms with Crippen LogP contribution in [0.15, 0.2) is 40.8 Å². The Morgan fingerprint density at radius 2 is 1.86 bits per heavy atom. The van der Waals surface area contributed by atoms with Gasteiger partial charge in [0.05, 0.1) is 0 Å². The fraction of sp³-hybridized carbons (Fsp3) is 0.565. The minimum absolute atomic E-state index is 0.321. The van der Waals surface area contributed by atoms with Crippen molar-refractivity contribution in [1.29, 1.82) is 10.8 Å². The van der Waals surface area contributed by atoms with Gasteiger partial charge in [0.25, 0.3) is 0 Å². The second kappa shape index (κ2) is 9.27. The van der Waals surface area contributed by atoms with Gasteiger partial charge in [-0.1, -0.05) is 30.3 Å². The van der Waals surface area contributed by atoms with Crippen molar-refractivity contribution in [2.75, 3.05) is 31.9 Å². The Balaban J connectivity index is 1.25. The van der Waals surface area contributed by atoms with E-state index in [0.717, 1.165) is 70.5 Å². The first-order valence-corrected chi connectivity index (χ1v) is 11.8. The molecule has 0 unspecified atom stereocenters. The number of benzene rings is 1. The van der Waals surface area contributed by atoms with Gasteiger partial charge >= 0.3 is 0 Å². The van der Waals surface area contributed by atoms with E-state index in [1.54, 1.807) is 0 Å². The molecular weight excluding hydrogens is 364 g/mol. The fourth-order valence-corrected chi connectivity index (χ4v) is 5.91. The molecule has 0 radical (unpaired) electrons. The molecule has 3 aliphatic heterocycles. The van der Waals surface area contributed by atoms with Crippen LogP contribution in [0.2, 0.25) is 0 Å². The molecule has 0 saturated carbocycles. The quantitative estimate of drug-likeness (QED) is 0.557. The highest BCUT2D eigenvalue weighted by molar-refractivity contribution is 8.03. The van der Waals surface area contributed by atoms with E-state index in [4.69, 9.17) is 10.8 Å². The lowest BCUT2D eigenvalue weighted by Gasteiger charge is -2.36. The van der Waals surface area contributed by atoms with E-state index in [0.29, 0.717) is 17.6 Å². The Morgan fingerprint density at radius 3 is 2.64 bits per heavy atom. The summed E-state index contributed by atoms with van der Waals surface area (Å²) in [5.41, 5.74) is 2.66. The van der Waals surface area contributed by atoms with Crippen molar-refractivity contribution in [3.8, 4) is 0 Å². The molecule has 2 N–H and O–H groups in total. The summed E-state index contributed by atoms with van der Waals surface area (Å²) in [6, 6.07) is 10.8. The van der Waals surface area contributed by atoms with E-state index in [2.05, 4.69) is 35.2 Å². The zero-order chi connectivity index (χ0) is 19.3. The Morgan fingerprint density at radius 1 is 1.07 bits per heavy atom. The van der Waals surface area contributed by atoms with Crippen molar-refractivity contribution in [2.24, 2.45) is 5.92 Å². The molecule has 0 bridgehead atoms. The fourth-order valence-electron chi connectivity index (χ4n) is 4.69. The Kier molecular flexibility index (Phi) is 6.53. The number of allylic oxidation sites excluding steroid dienone is 1. The van der Waals surface area contributed by atoms with E-state index >= 15 is 0 Å². The summed E-state index contributed by atoms with van der Waals surface area (Å²) in [4.78, 5) is 6.02. The predicted molar refractivity (Wildman–Crippen MR) is 119 cm³/mol. The van der Waals surface area contributed by atoms with Crippen LogP contribution in [0.4, 0.5) is 0 Å². The largest absolute Gasteiger partial charge is 0.315 e. The summed E-state index contributed by atoms with van der Waals surface area (Å²) in [6.07, 6.45) is 7.68. The summed E-state index contributed by atoms with van der Waals surface area (Å²) in [7, 11) is 0. The van der Waals surface area contributed by atoms with Crippen LogP contribution < -0.4 is 0 Å². The standard InChI is InChI=1S/C23H32N4S/c24-22(27-14-5-9-21-20(23(27)25)12-17-28-21)19-10-15-26(16-11-19)13-4-8-18-6-2-1-3-7-18/h1-3,6-7,19,24-25H,4-5,8-17H2. The molecule has 28 heavy (non-hydrogen) atoms. The second-order valence-electron chi connectivity index (χ2n) is 8.19. The third-order valence-electron chi connectivity index (χ3n) is 6.35. The Hall–Kier alpha value is -1.59. The highest BCUT2D eigenvalue weighted by atomic mass is 32.2. The van der Waals surface area contributed by atoms with Gasteiger partial charge in [-0.2, -0.15) is 0 Å². The van der Waals surface area contributed by atoms with Crippen molar-refractivity contribution in [1.82, 2.24) is 9.80 Å². The van der Waals surface area contributed by atoms with Gasteiger partial charge in [-0.05, 0) is 75.0 Å². The van der Waals surface area contributed by atoms with Crippen LogP contribution >= 0.6 is 11.8 Å². The number of nitrogens with one attached hydrogen (secondary N) is 2. The minimum atomic E-state index is 0.321. The van der Waals surface area contributed by atoms with Crippen molar-refractivity contribution in [3.05, 3.63) is 46.4 Å². The van der Waals surface area contributed by atoms with Gasteiger partial charge in [0.2, 0.25) is 0 Å². The SMILES string of the molecule is N=C1C2=C(CCCN1C(=N)C1CCN(CCCc3ccccc3)CC1)SCC2. The zero-order valence-corrected chi connectivity index (χ0v) is 17.6. The average Bonchev–Trinajstić information content (AvgIpc) is 3.14. The average molecular weight is 397 g/mol. The number of hydrogen-bond acceptors (Lipinski definition) is 4. The highest BCUT2D eigenvalue weighted by Gasteiger charge is 2.32. The predicted octanol–water partition coefficient (Wildman–Crippen LogP) is 4.77. The first-order chi connectivity index (χ1) is 13.7. The van der Waals surface area contributed by atoms with Crippen LogP contribution in [0.3, 0.4) is 0 Å². The minimum Gasteiger partial charge on any atom is -0.315 e.